The number of ether oxygens (including phenoxy) is 7. The fourth-order valence-electron chi connectivity index (χ4n) is 6.64. The van der Waals surface area contributed by atoms with Crippen LogP contribution in [0.25, 0.3) is 12.2 Å². The van der Waals surface area contributed by atoms with Crippen LogP contribution in [0.4, 0.5) is 29.3 Å². The summed E-state index contributed by atoms with van der Waals surface area (Å²) in [6.07, 6.45) is -2.71. The van der Waals surface area contributed by atoms with E-state index in [-0.39, 0.29) is 40.6 Å². The van der Waals surface area contributed by atoms with Gasteiger partial charge in [0.2, 0.25) is 23.6 Å². The van der Waals surface area contributed by atoms with Gasteiger partial charge in [0.1, 0.15) is 21.4 Å². The summed E-state index contributed by atoms with van der Waals surface area (Å²) in [6.45, 7) is 8.31. The van der Waals surface area contributed by atoms with Gasteiger partial charge in [-0.15, -0.1) is 22.7 Å². The van der Waals surface area contributed by atoms with E-state index in [1.165, 1.54) is 49.9 Å². The average Bonchev–Trinajstić information content (AvgIpc) is 4.12. The molecule has 438 valence electrons. The van der Waals surface area contributed by atoms with Crippen LogP contribution in [0, 0.1) is 0 Å². The Bertz CT molecular complexity index is 3560. The normalized spacial score (nSPS) is 14.3. The number of benzene rings is 4. The maximum Gasteiger partial charge on any atom is 0.490 e. The van der Waals surface area contributed by atoms with Crippen molar-refractivity contribution in [3.63, 3.8) is 0 Å². The maximum absolute atomic E-state index is 12.5. The summed E-state index contributed by atoms with van der Waals surface area (Å²) in [7, 11) is 2.90. The molecule has 2 aliphatic rings. The number of hydrogen-bond acceptors (Lipinski definition) is 20. The van der Waals surface area contributed by atoms with E-state index < -0.39 is 65.7 Å². The third-order valence-electron chi connectivity index (χ3n) is 10.7. The highest BCUT2D eigenvalue weighted by Crippen LogP contribution is 2.33. The van der Waals surface area contributed by atoms with Gasteiger partial charge in [-0.25, -0.2) is 38.8 Å². The number of anilines is 2. The van der Waals surface area contributed by atoms with E-state index in [0.717, 1.165) is 0 Å². The number of alkyl halides is 3. The van der Waals surface area contributed by atoms with Crippen LogP contribution in [0.15, 0.2) is 141 Å². The Hall–Kier alpha value is -9.99. The Kier molecular flexibility index (Phi) is 21.2. The Morgan fingerprint density at radius 2 is 1.04 bits per heavy atom. The second-order valence-electron chi connectivity index (χ2n) is 18.3. The van der Waals surface area contributed by atoms with Crippen LogP contribution in [-0.2, 0) is 38.2 Å². The van der Waals surface area contributed by atoms with Crippen molar-refractivity contribution in [2.75, 3.05) is 24.9 Å². The van der Waals surface area contributed by atoms with E-state index in [4.69, 9.17) is 48.8 Å². The predicted octanol–water partition coefficient (Wildman–Crippen LogP) is 9.41. The molecule has 0 saturated heterocycles. The third-order valence-corrected chi connectivity index (χ3v) is 12.4. The van der Waals surface area contributed by atoms with Crippen LogP contribution >= 0.6 is 22.7 Å². The SMILES string of the molecule is COc1cc(/C=C2/N=C(c3ccc(NC(=O)[C@H](C)N)cc3)OC2=O)ccc1OC(=O)c1cccs1.COc1cc(/C=C2/N=C(c3ccc(NC(=O)[C@H](C)NC(=O)OC(C)(C)C)cc3)OC2=O)ccc1OC(=O)c1cccs1.O=C(O)C(F)(F)F. The van der Waals surface area contributed by atoms with Crippen molar-refractivity contribution < 1.29 is 89.8 Å². The Morgan fingerprint density at radius 1 is 0.631 bits per heavy atom. The number of aliphatic carboxylic acids is 1. The largest absolute Gasteiger partial charge is 0.493 e. The minimum absolute atomic E-state index is 0.0646. The number of carbonyl (C=O) groups is 8. The van der Waals surface area contributed by atoms with Crippen molar-refractivity contribution in [1.82, 2.24) is 5.32 Å². The predicted molar refractivity (Wildman–Crippen MR) is 302 cm³/mol. The molecule has 0 fully saturated rings. The first kappa shape index (κ1) is 63.2. The van der Waals surface area contributed by atoms with Gasteiger partial charge >= 0.3 is 42.1 Å². The van der Waals surface area contributed by atoms with E-state index in [1.54, 1.807) is 154 Å². The molecule has 84 heavy (non-hydrogen) atoms. The van der Waals surface area contributed by atoms with E-state index >= 15 is 0 Å². The molecule has 4 heterocycles. The van der Waals surface area contributed by atoms with Crippen LogP contribution in [0.3, 0.4) is 0 Å². The zero-order chi connectivity index (χ0) is 61.5. The third kappa shape index (κ3) is 18.3. The fraction of sp³-hybridized carbons (Fsp3) is 0.193. The number of nitrogens with two attached hydrogens (primary N) is 1. The molecule has 2 atom stereocenters. The number of carbonyl (C=O) groups excluding carboxylic acids is 7. The van der Waals surface area contributed by atoms with Crippen molar-refractivity contribution in [3.8, 4) is 23.0 Å². The lowest BCUT2D eigenvalue weighted by molar-refractivity contribution is -0.192. The number of carboxylic acids is 1. The minimum atomic E-state index is -5.08. The molecular formula is C57H51F3N6O16S2. The van der Waals surface area contributed by atoms with Crippen molar-refractivity contribution in [3.05, 3.63) is 163 Å². The Labute approximate surface area is 484 Å². The smallest absolute Gasteiger partial charge is 0.490 e. The van der Waals surface area contributed by atoms with Crippen LogP contribution in [-0.4, -0.2) is 103 Å². The molecule has 22 nitrogen and oxygen atoms in total. The number of alkyl carbamates (subject to hydrolysis) is 1. The fourth-order valence-corrected chi connectivity index (χ4v) is 7.83. The molecule has 0 unspecified atom stereocenters. The number of thiophene rings is 2. The van der Waals surface area contributed by atoms with Gasteiger partial charge in [-0.3, -0.25) is 9.59 Å². The van der Waals surface area contributed by atoms with Gasteiger partial charge in [-0.05, 0) is 154 Å². The second-order valence-corrected chi connectivity index (χ2v) is 20.2. The van der Waals surface area contributed by atoms with Crippen LogP contribution in [0.5, 0.6) is 23.0 Å². The summed E-state index contributed by atoms with van der Waals surface area (Å²) in [6, 6.07) is 28.3. The van der Waals surface area contributed by atoms with Gasteiger partial charge in [0.25, 0.3) is 0 Å². The minimum Gasteiger partial charge on any atom is -0.493 e. The number of nitrogens with zero attached hydrogens (tertiary/aromatic N) is 2. The summed E-state index contributed by atoms with van der Waals surface area (Å²) in [4.78, 5) is 104. The lowest BCUT2D eigenvalue weighted by Crippen LogP contribution is -2.43. The lowest BCUT2D eigenvalue weighted by Gasteiger charge is -2.21. The topological polar surface area (TPSA) is 308 Å². The molecular weight excluding hydrogens is 1150 g/mol. The Balaban J connectivity index is 0.000000245. The molecule has 8 rings (SSSR count). The number of esters is 4. The molecule has 2 aliphatic heterocycles. The summed E-state index contributed by atoms with van der Waals surface area (Å²) in [5.41, 5.74) is 8.31. The number of hydrogen-bond donors (Lipinski definition) is 5. The molecule has 0 radical (unpaired) electrons. The molecule has 3 amide bonds. The summed E-state index contributed by atoms with van der Waals surface area (Å²) in [5, 5.41) is 18.5. The standard InChI is InChI=1S/C30H29N3O8S.C25H21N3O6S.C2HF3O2/c1-17(31-29(37)41-30(2,3)4)25(34)32-20-11-9-19(10-12-20)26-33-21(27(35)40-26)15-18-8-13-22(23(16-18)38-5)39-28(36)24-7-6-14-42-24;1-14(26)22(29)27-17-8-6-16(7-9-17)23-28-18(24(30)34-23)12-15-5-10-19(20(13-15)32-2)33-25(31)21-4-3-11-35-21;3-2(4,5)1(6)7/h6-17H,1-5H3,(H,31,37)(H,32,34);3-14H,26H2,1-2H3,(H,27,29);(H,6,7)/b21-15+;18-12+;/t17-;14-;/m00./s1. The van der Waals surface area contributed by atoms with Crippen LogP contribution < -0.4 is 40.6 Å². The molecule has 0 bridgehead atoms. The molecule has 27 heteroatoms. The van der Waals surface area contributed by atoms with Crippen molar-refractivity contribution in [1.29, 1.82) is 0 Å². The van der Waals surface area contributed by atoms with E-state index in [0.29, 0.717) is 54.9 Å². The highest BCUT2D eigenvalue weighted by atomic mass is 32.1. The van der Waals surface area contributed by atoms with Gasteiger partial charge in [-0.1, -0.05) is 24.3 Å². The zero-order valence-electron chi connectivity index (χ0n) is 45.3. The number of carboxylic acid groups (broad SMARTS) is 1. The van der Waals surface area contributed by atoms with Gasteiger partial charge in [0.05, 0.1) is 20.3 Å². The average molecular weight is 1200 g/mol. The van der Waals surface area contributed by atoms with Gasteiger partial charge < -0.3 is 59.9 Å². The van der Waals surface area contributed by atoms with Crippen LogP contribution in [0.2, 0.25) is 0 Å². The number of nitrogens with one attached hydrogen (secondary N) is 3. The summed E-state index contributed by atoms with van der Waals surface area (Å²) < 4.78 is 69.1. The van der Waals surface area contributed by atoms with Gasteiger partial charge in [0, 0.05) is 22.5 Å². The van der Waals surface area contributed by atoms with Crippen molar-refractivity contribution in [2.24, 2.45) is 15.7 Å². The van der Waals surface area contributed by atoms with E-state index in [2.05, 4.69) is 25.9 Å². The highest BCUT2D eigenvalue weighted by molar-refractivity contribution is 7.12. The second kappa shape index (κ2) is 28.1. The van der Waals surface area contributed by atoms with Crippen LogP contribution in [0.1, 0.15) is 76.2 Å². The van der Waals surface area contributed by atoms with Gasteiger partial charge in [0.15, 0.2) is 34.4 Å². The number of rotatable bonds is 15. The van der Waals surface area contributed by atoms with Crippen molar-refractivity contribution in [2.45, 2.75) is 58.5 Å². The molecule has 0 aliphatic carbocycles. The molecule has 0 spiro atoms. The zero-order valence-corrected chi connectivity index (χ0v) is 47.0. The number of aliphatic imine (C=N–C) groups is 2. The molecule has 6 aromatic rings. The molecule has 6 N–H and O–H groups in total. The number of halogens is 3. The first-order valence-corrected chi connectivity index (χ1v) is 26.3. The van der Waals surface area contributed by atoms with Gasteiger partial charge in [-0.2, -0.15) is 13.2 Å². The van der Waals surface area contributed by atoms with E-state index in [9.17, 15) is 46.7 Å². The lowest BCUT2D eigenvalue weighted by atomic mass is 10.1. The molecule has 0 saturated carbocycles. The summed E-state index contributed by atoms with van der Waals surface area (Å²) >= 11 is 2.54. The number of methoxy groups -OCH3 is 2. The first-order chi connectivity index (χ1) is 39.7. The van der Waals surface area contributed by atoms with E-state index in [1.807, 2.05) is 0 Å². The molecule has 4 aromatic carbocycles. The number of cyclic esters (lactones) is 2. The summed E-state index contributed by atoms with van der Waals surface area (Å²) in [5.74, 6) is -4.39. The van der Waals surface area contributed by atoms with Crippen molar-refractivity contribution >= 4 is 106 Å². The first-order valence-electron chi connectivity index (χ1n) is 24.5. The molecule has 2 aromatic heterocycles. The quantitative estimate of drug-likeness (QED) is 0.0277. The maximum atomic E-state index is 12.5. The number of amides is 3. The highest BCUT2D eigenvalue weighted by Gasteiger charge is 2.38. The Morgan fingerprint density at radius 3 is 1.38 bits per heavy atom. The monoisotopic (exact) mass is 1200 g/mol.